The summed E-state index contributed by atoms with van der Waals surface area (Å²) in [4.78, 5) is 2.00. The van der Waals surface area contributed by atoms with Crippen LogP contribution in [0.25, 0.3) is 0 Å². The van der Waals surface area contributed by atoms with E-state index in [9.17, 15) is 0 Å². The van der Waals surface area contributed by atoms with Crippen LogP contribution in [0.1, 0.15) is 12.8 Å². The quantitative estimate of drug-likeness (QED) is 0.469. The van der Waals surface area contributed by atoms with Crippen molar-refractivity contribution in [2.45, 2.75) is 12.8 Å². The summed E-state index contributed by atoms with van der Waals surface area (Å²) in [5.74, 6) is 0. The van der Waals surface area contributed by atoms with Gasteiger partial charge in [0.15, 0.2) is 6.00 Å². The lowest BCUT2D eigenvalue weighted by atomic mass is 10.4. The molecule has 0 spiro atoms. The van der Waals surface area contributed by atoms with Crippen molar-refractivity contribution in [1.82, 2.24) is 4.90 Å². The van der Waals surface area contributed by atoms with E-state index in [-0.39, 0.29) is 0 Å². The fourth-order valence-corrected chi connectivity index (χ4v) is 0.971. The average Bonchev–Trinajstić information content (AvgIpc) is 2.14. The highest BCUT2D eigenvalue weighted by Crippen LogP contribution is 2.09. The number of likely N-dealkylation sites (tertiary alicyclic amines) is 1. The molecule has 2 heteroatoms. The molecule has 0 N–H and O–H groups in total. The second-order valence-electron chi connectivity index (χ2n) is 1.78. The predicted octanol–water partition coefficient (Wildman–Crippen LogP) is 1.32. The topological polar surface area (TPSA) is 3.24 Å². The molecule has 0 unspecified atom stereocenters. The molecule has 0 atom stereocenters. The van der Waals surface area contributed by atoms with Crippen molar-refractivity contribution >= 4 is 11.6 Å². The van der Waals surface area contributed by atoms with E-state index in [1.807, 2.05) is 4.90 Å². The van der Waals surface area contributed by atoms with E-state index in [1.165, 1.54) is 12.8 Å². The lowest BCUT2D eigenvalue weighted by Gasteiger charge is -2.04. The summed E-state index contributed by atoms with van der Waals surface area (Å²) in [6.07, 6.45) is 2.56. The van der Waals surface area contributed by atoms with E-state index in [1.54, 1.807) is 0 Å². The third kappa shape index (κ3) is 1.32. The third-order valence-electron chi connectivity index (χ3n) is 1.23. The molecule has 1 aliphatic rings. The molecule has 2 radical (unpaired) electrons. The lowest BCUT2D eigenvalue weighted by Crippen LogP contribution is -2.11. The summed E-state index contributed by atoms with van der Waals surface area (Å²) in [7, 11) is 0. The van der Waals surface area contributed by atoms with E-state index in [0.717, 1.165) is 13.1 Å². The van der Waals surface area contributed by atoms with Crippen LogP contribution in [0.4, 0.5) is 0 Å². The van der Waals surface area contributed by atoms with Gasteiger partial charge in [-0.05, 0) is 12.8 Å². The number of hydrogen-bond acceptors (Lipinski definition) is 1. The molecule has 0 saturated carbocycles. The van der Waals surface area contributed by atoms with Crippen molar-refractivity contribution in [3.63, 3.8) is 0 Å². The summed E-state index contributed by atoms with van der Waals surface area (Å²) in [6, 6.07) is 2.57. The first-order valence-electron chi connectivity index (χ1n) is 2.55. The van der Waals surface area contributed by atoms with Crippen molar-refractivity contribution in [1.29, 1.82) is 0 Å². The van der Waals surface area contributed by atoms with Gasteiger partial charge in [0.2, 0.25) is 0 Å². The van der Waals surface area contributed by atoms with Gasteiger partial charge in [-0.2, -0.15) is 0 Å². The highest BCUT2D eigenvalue weighted by Gasteiger charge is 2.09. The number of hydrogen-bond donors (Lipinski definition) is 0. The molecule has 0 aromatic rings. The summed E-state index contributed by atoms with van der Waals surface area (Å²) in [6.45, 7) is 2.20. The van der Waals surface area contributed by atoms with Crippen LogP contribution in [0.2, 0.25) is 0 Å². The SMILES string of the molecule is Cl[C]N1CCCC1. The molecule has 7 heavy (non-hydrogen) atoms. The van der Waals surface area contributed by atoms with Crippen LogP contribution < -0.4 is 0 Å². The van der Waals surface area contributed by atoms with Crippen molar-refractivity contribution in [3.05, 3.63) is 6.00 Å². The first kappa shape index (κ1) is 5.39. The van der Waals surface area contributed by atoms with Crippen molar-refractivity contribution in [2.75, 3.05) is 13.1 Å². The Morgan fingerprint density at radius 3 is 2.14 bits per heavy atom. The fraction of sp³-hybridized carbons (Fsp3) is 0.800. The number of halogens is 1. The molecule has 1 heterocycles. The average molecular weight is 118 g/mol. The molecule has 0 aliphatic carbocycles. The lowest BCUT2D eigenvalue weighted by molar-refractivity contribution is 0.447. The highest BCUT2D eigenvalue weighted by atomic mass is 35.5. The molecular weight excluding hydrogens is 110 g/mol. The molecule has 0 aromatic heterocycles. The van der Waals surface area contributed by atoms with Crippen LogP contribution in [0.15, 0.2) is 0 Å². The van der Waals surface area contributed by atoms with Gasteiger partial charge in [-0.15, -0.1) is 0 Å². The predicted molar refractivity (Wildman–Crippen MR) is 29.9 cm³/mol. The van der Waals surface area contributed by atoms with Gasteiger partial charge >= 0.3 is 0 Å². The van der Waals surface area contributed by atoms with Gasteiger partial charge in [0.1, 0.15) is 0 Å². The monoisotopic (exact) mass is 117 g/mol. The van der Waals surface area contributed by atoms with Gasteiger partial charge in [0, 0.05) is 13.1 Å². The number of rotatable bonds is 1. The van der Waals surface area contributed by atoms with Crippen LogP contribution in [0, 0.1) is 6.00 Å². The third-order valence-corrected chi connectivity index (χ3v) is 1.46. The Hall–Kier alpha value is 0.250. The standard InChI is InChI=1S/C5H8ClN/c6-5-7-3-1-2-4-7/h1-4H2. The van der Waals surface area contributed by atoms with Crippen molar-refractivity contribution < 1.29 is 0 Å². The zero-order chi connectivity index (χ0) is 5.11. The number of nitrogens with zero attached hydrogens (tertiary/aromatic N) is 1. The van der Waals surface area contributed by atoms with Crippen LogP contribution in [0.5, 0.6) is 0 Å². The zero-order valence-electron chi connectivity index (χ0n) is 4.15. The van der Waals surface area contributed by atoms with Gasteiger partial charge in [-0.25, -0.2) is 0 Å². The molecule has 1 rings (SSSR count). The van der Waals surface area contributed by atoms with E-state index in [0.29, 0.717) is 0 Å². The summed E-state index contributed by atoms with van der Waals surface area (Å²) in [5, 5.41) is 0. The molecule has 0 bridgehead atoms. The Morgan fingerprint density at radius 1 is 1.29 bits per heavy atom. The molecule has 1 aliphatic heterocycles. The van der Waals surface area contributed by atoms with E-state index in [2.05, 4.69) is 6.00 Å². The Bertz CT molecular complexity index is 50.0. The largest absolute Gasteiger partial charge is 0.279 e. The Morgan fingerprint density at radius 2 is 1.86 bits per heavy atom. The van der Waals surface area contributed by atoms with E-state index < -0.39 is 0 Å². The second kappa shape index (κ2) is 2.53. The minimum Gasteiger partial charge on any atom is -0.279 e. The van der Waals surface area contributed by atoms with Crippen LogP contribution in [-0.2, 0) is 0 Å². The minimum absolute atomic E-state index is 1.10. The van der Waals surface area contributed by atoms with Crippen LogP contribution in [0.3, 0.4) is 0 Å². The van der Waals surface area contributed by atoms with Gasteiger partial charge in [-0.1, -0.05) is 11.6 Å². The van der Waals surface area contributed by atoms with Gasteiger partial charge in [-0.3, -0.25) is 4.90 Å². The van der Waals surface area contributed by atoms with Crippen LogP contribution in [-0.4, -0.2) is 18.0 Å². The fourth-order valence-electron chi connectivity index (χ4n) is 0.802. The molecule has 0 amide bonds. The Labute approximate surface area is 49.3 Å². The second-order valence-corrected chi connectivity index (χ2v) is 1.95. The zero-order valence-corrected chi connectivity index (χ0v) is 4.91. The molecule has 1 nitrogen and oxygen atoms in total. The smallest absolute Gasteiger partial charge is 0.168 e. The highest BCUT2D eigenvalue weighted by molar-refractivity contribution is 6.22. The van der Waals surface area contributed by atoms with Crippen LogP contribution >= 0.6 is 11.6 Å². The van der Waals surface area contributed by atoms with E-state index in [4.69, 9.17) is 11.6 Å². The molecule has 1 fully saturated rings. The van der Waals surface area contributed by atoms with E-state index >= 15 is 0 Å². The summed E-state index contributed by atoms with van der Waals surface area (Å²) in [5.41, 5.74) is 0. The Kier molecular flexibility index (Phi) is 1.95. The first-order chi connectivity index (χ1) is 3.43. The molecule has 40 valence electrons. The maximum Gasteiger partial charge on any atom is 0.168 e. The maximum atomic E-state index is 5.28. The van der Waals surface area contributed by atoms with Gasteiger partial charge < -0.3 is 0 Å². The molecular formula is C5H8ClN. The van der Waals surface area contributed by atoms with Gasteiger partial charge in [0.25, 0.3) is 0 Å². The maximum absolute atomic E-state index is 5.28. The summed E-state index contributed by atoms with van der Waals surface area (Å²) >= 11 is 5.28. The van der Waals surface area contributed by atoms with Crippen molar-refractivity contribution in [2.24, 2.45) is 0 Å². The minimum atomic E-state index is 1.10. The normalized spacial score (nSPS) is 23.6. The molecule has 0 aromatic carbocycles. The Balaban J connectivity index is 2.14. The van der Waals surface area contributed by atoms with Crippen molar-refractivity contribution in [3.8, 4) is 0 Å². The summed E-state index contributed by atoms with van der Waals surface area (Å²) < 4.78 is 0. The molecule has 1 saturated heterocycles. The van der Waals surface area contributed by atoms with Gasteiger partial charge in [0.05, 0.1) is 0 Å². The first-order valence-corrected chi connectivity index (χ1v) is 2.92.